The van der Waals surface area contributed by atoms with E-state index in [0.29, 0.717) is 13.1 Å². The van der Waals surface area contributed by atoms with Crippen LogP contribution in [0.15, 0.2) is 0 Å². The molecule has 0 aromatic rings. The van der Waals surface area contributed by atoms with E-state index in [0.717, 1.165) is 13.0 Å². The molecule has 0 saturated carbocycles. The van der Waals surface area contributed by atoms with Crippen molar-refractivity contribution in [3.05, 3.63) is 0 Å². The number of carbonyl (C=O) groups is 2. The summed E-state index contributed by atoms with van der Waals surface area (Å²) in [5.74, 6) is -1.01. The fraction of sp³-hybridized carbons (Fsp3) is 0.846. The lowest BCUT2D eigenvalue weighted by Crippen LogP contribution is -2.55. The molecule has 0 spiro atoms. The zero-order chi connectivity index (χ0) is 15.2. The van der Waals surface area contributed by atoms with E-state index in [1.54, 1.807) is 4.90 Å². The van der Waals surface area contributed by atoms with Gasteiger partial charge in [-0.1, -0.05) is 0 Å². The van der Waals surface area contributed by atoms with Gasteiger partial charge in [0.15, 0.2) is 0 Å². The van der Waals surface area contributed by atoms with Crippen molar-refractivity contribution < 1.29 is 14.7 Å². The summed E-state index contributed by atoms with van der Waals surface area (Å²) in [5, 5.41) is 9.14. The summed E-state index contributed by atoms with van der Waals surface area (Å²) in [6, 6.07) is -0.242. The van der Waals surface area contributed by atoms with Gasteiger partial charge in [0.05, 0.1) is 0 Å². The maximum absolute atomic E-state index is 12.3. The van der Waals surface area contributed by atoms with Crippen molar-refractivity contribution in [3.63, 3.8) is 0 Å². The Morgan fingerprint density at radius 2 is 1.63 bits per heavy atom. The molecule has 0 fully saturated rings. The number of carbonyl (C=O) groups excluding carboxylic acids is 1. The van der Waals surface area contributed by atoms with Gasteiger partial charge in [0.1, 0.15) is 5.54 Å². The summed E-state index contributed by atoms with van der Waals surface area (Å²) in [7, 11) is 5.50. The molecule has 0 aromatic carbocycles. The van der Waals surface area contributed by atoms with Crippen LogP contribution in [-0.4, -0.2) is 78.1 Å². The van der Waals surface area contributed by atoms with Crippen LogP contribution in [0.2, 0.25) is 0 Å². The number of aliphatic carboxylic acids is 1. The van der Waals surface area contributed by atoms with Crippen molar-refractivity contribution in [2.75, 3.05) is 40.8 Å². The molecule has 0 aliphatic heterocycles. The highest BCUT2D eigenvalue weighted by molar-refractivity contribution is 5.85. The van der Waals surface area contributed by atoms with Crippen molar-refractivity contribution in [3.8, 4) is 0 Å². The Morgan fingerprint density at radius 1 is 1.11 bits per heavy atom. The molecular formula is C13H27N3O3. The van der Waals surface area contributed by atoms with Crippen molar-refractivity contribution in [1.82, 2.24) is 14.7 Å². The van der Waals surface area contributed by atoms with Crippen molar-refractivity contribution in [1.29, 1.82) is 0 Å². The van der Waals surface area contributed by atoms with E-state index in [9.17, 15) is 9.59 Å². The standard InChI is InChI=1S/C13H27N3O3/c1-7-16(10-8-9-14(4)5)12(19)15(6)13(2,3)11(17)18/h7-10H2,1-6H3,(H,17,18). The molecule has 0 aliphatic carbocycles. The van der Waals surface area contributed by atoms with E-state index in [1.165, 1.54) is 25.8 Å². The largest absolute Gasteiger partial charge is 0.480 e. The van der Waals surface area contributed by atoms with Gasteiger partial charge in [-0.2, -0.15) is 0 Å². The molecule has 2 amide bonds. The number of carboxylic acids is 1. The Morgan fingerprint density at radius 3 is 2.00 bits per heavy atom. The monoisotopic (exact) mass is 273 g/mol. The molecule has 0 aromatic heterocycles. The van der Waals surface area contributed by atoms with Gasteiger partial charge in [-0.05, 0) is 47.8 Å². The normalized spacial score (nSPS) is 11.5. The van der Waals surface area contributed by atoms with Crippen LogP contribution >= 0.6 is 0 Å². The smallest absolute Gasteiger partial charge is 0.329 e. The highest BCUT2D eigenvalue weighted by Gasteiger charge is 2.36. The average Bonchev–Trinajstić information content (AvgIpc) is 2.32. The molecule has 0 radical (unpaired) electrons. The van der Waals surface area contributed by atoms with Gasteiger partial charge < -0.3 is 19.8 Å². The Bertz CT molecular complexity index is 316. The first-order valence-corrected chi connectivity index (χ1v) is 6.55. The van der Waals surface area contributed by atoms with E-state index < -0.39 is 11.5 Å². The number of nitrogens with zero attached hydrogens (tertiary/aromatic N) is 3. The summed E-state index contributed by atoms with van der Waals surface area (Å²) in [4.78, 5) is 28.5. The third-order valence-corrected chi connectivity index (χ3v) is 3.33. The second kappa shape index (κ2) is 7.33. The first kappa shape index (κ1) is 17.7. The molecule has 0 aliphatic rings. The van der Waals surface area contributed by atoms with Gasteiger partial charge in [-0.3, -0.25) is 0 Å². The second-order valence-corrected chi connectivity index (χ2v) is 5.44. The topological polar surface area (TPSA) is 64.1 Å². The van der Waals surface area contributed by atoms with Gasteiger partial charge in [-0.15, -0.1) is 0 Å². The van der Waals surface area contributed by atoms with Crippen molar-refractivity contribution in [2.24, 2.45) is 0 Å². The van der Waals surface area contributed by atoms with Crippen LogP contribution in [0, 0.1) is 0 Å². The number of amides is 2. The second-order valence-electron chi connectivity index (χ2n) is 5.44. The SMILES string of the molecule is CCN(CCCN(C)C)C(=O)N(C)C(C)(C)C(=O)O. The van der Waals surface area contributed by atoms with Crippen LogP contribution in [0.3, 0.4) is 0 Å². The fourth-order valence-electron chi connectivity index (χ4n) is 1.56. The first-order valence-electron chi connectivity index (χ1n) is 6.55. The molecule has 0 saturated heterocycles. The third-order valence-electron chi connectivity index (χ3n) is 3.33. The molecule has 0 rings (SSSR count). The number of rotatable bonds is 7. The Labute approximate surface area is 116 Å². The fourth-order valence-corrected chi connectivity index (χ4v) is 1.56. The third kappa shape index (κ3) is 5.06. The van der Waals surface area contributed by atoms with E-state index >= 15 is 0 Å². The molecule has 1 N–H and O–H groups in total. The number of hydrogen-bond donors (Lipinski definition) is 1. The molecule has 19 heavy (non-hydrogen) atoms. The minimum atomic E-state index is -1.20. The first-order chi connectivity index (χ1) is 8.64. The molecule has 0 heterocycles. The van der Waals surface area contributed by atoms with Crippen LogP contribution < -0.4 is 0 Å². The minimum Gasteiger partial charge on any atom is -0.480 e. The predicted octanol–water partition coefficient (Wildman–Crippen LogP) is 1.18. The van der Waals surface area contributed by atoms with Crippen LogP contribution in [-0.2, 0) is 4.79 Å². The van der Waals surface area contributed by atoms with Crippen LogP contribution in [0.5, 0.6) is 0 Å². The number of carboxylic acid groups (broad SMARTS) is 1. The molecule has 0 atom stereocenters. The predicted molar refractivity (Wildman–Crippen MR) is 75.3 cm³/mol. The lowest BCUT2D eigenvalue weighted by molar-refractivity contribution is -0.147. The maximum Gasteiger partial charge on any atom is 0.329 e. The number of likely N-dealkylation sites (N-methyl/N-ethyl adjacent to an activating group) is 1. The molecule has 0 unspecified atom stereocenters. The molecular weight excluding hydrogens is 246 g/mol. The van der Waals surface area contributed by atoms with E-state index in [-0.39, 0.29) is 6.03 Å². The Hall–Kier alpha value is -1.30. The van der Waals surface area contributed by atoms with Gasteiger partial charge in [0.2, 0.25) is 0 Å². The number of hydrogen-bond acceptors (Lipinski definition) is 3. The summed E-state index contributed by atoms with van der Waals surface area (Å²) in [6.07, 6.45) is 0.869. The van der Waals surface area contributed by atoms with Crippen molar-refractivity contribution in [2.45, 2.75) is 32.7 Å². The number of urea groups is 1. The molecule has 112 valence electrons. The minimum absolute atomic E-state index is 0.242. The zero-order valence-corrected chi connectivity index (χ0v) is 12.9. The van der Waals surface area contributed by atoms with Gasteiger partial charge in [0.25, 0.3) is 0 Å². The Balaban J connectivity index is 4.62. The van der Waals surface area contributed by atoms with E-state index in [1.807, 2.05) is 21.0 Å². The maximum atomic E-state index is 12.3. The highest BCUT2D eigenvalue weighted by Crippen LogP contribution is 2.15. The summed E-state index contributed by atoms with van der Waals surface area (Å²) < 4.78 is 0. The van der Waals surface area contributed by atoms with Gasteiger partial charge in [0, 0.05) is 20.1 Å². The van der Waals surface area contributed by atoms with E-state index in [4.69, 9.17) is 5.11 Å². The molecule has 0 bridgehead atoms. The van der Waals surface area contributed by atoms with Gasteiger partial charge in [-0.25, -0.2) is 9.59 Å². The van der Waals surface area contributed by atoms with Crippen LogP contribution in [0.25, 0.3) is 0 Å². The summed E-state index contributed by atoms with van der Waals surface area (Å²) in [6.45, 7) is 7.06. The van der Waals surface area contributed by atoms with E-state index in [2.05, 4.69) is 4.90 Å². The van der Waals surface area contributed by atoms with Gasteiger partial charge >= 0.3 is 12.0 Å². The molecule has 6 heteroatoms. The van der Waals surface area contributed by atoms with Crippen LogP contribution in [0.4, 0.5) is 4.79 Å². The summed E-state index contributed by atoms with van der Waals surface area (Å²) in [5.41, 5.74) is -1.20. The van der Waals surface area contributed by atoms with Crippen LogP contribution in [0.1, 0.15) is 27.2 Å². The quantitative estimate of drug-likeness (QED) is 0.756. The Kier molecular flexibility index (Phi) is 6.83. The zero-order valence-electron chi connectivity index (χ0n) is 12.9. The lowest BCUT2D eigenvalue weighted by atomic mass is 10.0. The average molecular weight is 273 g/mol. The van der Waals surface area contributed by atoms with Crippen molar-refractivity contribution >= 4 is 12.0 Å². The molecule has 6 nitrogen and oxygen atoms in total. The summed E-state index contributed by atoms with van der Waals surface area (Å²) >= 11 is 0. The lowest BCUT2D eigenvalue weighted by Gasteiger charge is -2.35. The highest BCUT2D eigenvalue weighted by atomic mass is 16.4.